The molecule has 2 rings (SSSR count). The van der Waals surface area contributed by atoms with Gasteiger partial charge in [-0.3, -0.25) is 0 Å². The van der Waals surface area contributed by atoms with Gasteiger partial charge in [0.15, 0.2) is 11.5 Å². The van der Waals surface area contributed by atoms with Crippen molar-refractivity contribution >= 4 is 0 Å². The minimum atomic E-state index is 0.311. The topological polar surface area (TPSA) is 30.5 Å². The van der Waals surface area contributed by atoms with Gasteiger partial charge < -0.3 is 14.8 Å². The van der Waals surface area contributed by atoms with Crippen molar-refractivity contribution < 1.29 is 9.47 Å². The van der Waals surface area contributed by atoms with Crippen molar-refractivity contribution in [1.29, 1.82) is 0 Å². The lowest BCUT2D eigenvalue weighted by molar-refractivity contribution is 0.238. The highest BCUT2D eigenvalue weighted by molar-refractivity contribution is 5.43. The van der Waals surface area contributed by atoms with E-state index in [9.17, 15) is 0 Å². The van der Waals surface area contributed by atoms with Gasteiger partial charge in [-0.1, -0.05) is 33.8 Å². The monoisotopic (exact) mass is 277 g/mol. The van der Waals surface area contributed by atoms with E-state index in [4.69, 9.17) is 9.47 Å². The molecular formula is C17H27NO2. The zero-order valence-electron chi connectivity index (χ0n) is 13.2. The zero-order chi connectivity index (χ0) is 14.6. The van der Waals surface area contributed by atoms with E-state index in [0.29, 0.717) is 11.3 Å². The zero-order valence-corrected chi connectivity index (χ0v) is 13.2. The molecule has 1 aliphatic heterocycles. The molecule has 0 spiro atoms. The number of ether oxygens (including phenoxy) is 2. The first-order valence-corrected chi connectivity index (χ1v) is 7.58. The number of hydrogen-bond donors (Lipinski definition) is 1. The number of rotatable bonds is 5. The number of benzene rings is 1. The first kappa shape index (κ1) is 15.2. The maximum atomic E-state index is 5.72. The molecular weight excluding hydrogens is 250 g/mol. The van der Waals surface area contributed by atoms with Crippen LogP contribution < -0.4 is 14.8 Å². The van der Waals surface area contributed by atoms with Crippen molar-refractivity contribution in [2.45, 2.75) is 40.7 Å². The van der Waals surface area contributed by atoms with Crippen LogP contribution >= 0.6 is 0 Å². The molecule has 0 aliphatic carbocycles. The van der Waals surface area contributed by atoms with Gasteiger partial charge in [0, 0.05) is 19.5 Å². The highest BCUT2D eigenvalue weighted by Gasteiger charge is 2.21. The van der Waals surface area contributed by atoms with Crippen molar-refractivity contribution in [2.75, 3.05) is 19.8 Å². The van der Waals surface area contributed by atoms with E-state index in [2.05, 4.69) is 45.1 Å². The van der Waals surface area contributed by atoms with E-state index in [-0.39, 0.29) is 0 Å². The molecule has 0 fully saturated rings. The molecule has 1 N–H and O–H groups in total. The van der Waals surface area contributed by atoms with Crippen LogP contribution in [0.2, 0.25) is 0 Å². The molecule has 0 saturated carbocycles. The van der Waals surface area contributed by atoms with E-state index in [0.717, 1.165) is 44.2 Å². The molecule has 1 heterocycles. The summed E-state index contributed by atoms with van der Waals surface area (Å²) in [5, 5.41) is 3.55. The maximum Gasteiger partial charge on any atom is 0.161 e. The third-order valence-corrected chi connectivity index (χ3v) is 4.28. The summed E-state index contributed by atoms with van der Waals surface area (Å²) in [4.78, 5) is 0. The molecule has 112 valence electrons. The summed E-state index contributed by atoms with van der Waals surface area (Å²) in [6, 6.07) is 6.23. The van der Waals surface area contributed by atoms with E-state index >= 15 is 0 Å². The second kappa shape index (κ2) is 6.49. The summed E-state index contributed by atoms with van der Waals surface area (Å²) in [6.07, 6.45) is 0.949. The van der Waals surface area contributed by atoms with Gasteiger partial charge in [-0.25, -0.2) is 0 Å². The van der Waals surface area contributed by atoms with Crippen LogP contribution in [0.5, 0.6) is 11.5 Å². The van der Waals surface area contributed by atoms with Gasteiger partial charge in [0.05, 0.1) is 13.2 Å². The van der Waals surface area contributed by atoms with Crippen LogP contribution in [-0.4, -0.2) is 19.8 Å². The average molecular weight is 277 g/mol. The summed E-state index contributed by atoms with van der Waals surface area (Å²) in [6.45, 7) is 12.5. The Morgan fingerprint density at radius 1 is 1.15 bits per heavy atom. The molecule has 20 heavy (non-hydrogen) atoms. The maximum absolute atomic E-state index is 5.72. The molecule has 0 amide bonds. The van der Waals surface area contributed by atoms with Crippen molar-refractivity contribution in [2.24, 2.45) is 11.3 Å². The number of hydrogen-bond acceptors (Lipinski definition) is 3. The Kier molecular flexibility index (Phi) is 4.92. The van der Waals surface area contributed by atoms with Gasteiger partial charge >= 0.3 is 0 Å². The van der Waals surface area contributed by atoms with Crippen LogP contribution in [0.1, 0.15) is 39.7 Å². The van der Waals surface area contributed by atoms with Crippen LogP contribution in [0.3, 0.4) is 0 Å². The third-order valence-electron chi connectivity index (χ3n) is 4.28. The summed E-state index contributed by atoms with van der Waals surface area (Å²) in [5.74, 6) is 2.41. The van der Waals surface area contributed by atoms with Gasteiger partial charge in [0.25, 0.3) is 0 Å². The number of nitrogens with one attached hydrogen (secondary N) is 1. The Morgan fingerprint density at radius 2 is 1.85 bits per heavy atom. The van der Waals surface area contributed by atoms with E-state index in [1.165, 1.54) is 5.56 Å². The van der Waals surface area contributed by atoms with Crippen molar-refractivity contribution in [3.05, 3.63) is 23.8 Å². The van der Waals surface area contributed by atoms with Crippen LogP contribution in [0.4, 0.5) is 0 Å². The quantitative estimate of drug-likeness (QED) is 0.891. The third kappa shape index (κ3) is 3.89. The Bertz CT molecular complexity index is 441. The van der Waals surface area contributed by atoms with Gasteiger partial charge in [-0.2, -0.15) is 0 Å². The van der Waals surface area contributed by atoms with Crippen molar-refractivity contribution in [3.63, 3.8) is 0 Å². The average Bonchev–Trinajstić information content (AvgIpc) is 2.63. The summed E-state index contributed by atoms with van der Waals surface area (Å²) >= 11 is 0. The summed E-state index contributed by atoms with van der Waals surface area (Å²) < 4.78 is 11.4. The number of fused-ring (bicyclic) bond motifs is 1. The molecule has 0 unspecified atom stereocenters. The van der Waals surface area contributed by atoms with Crippen LogP contribution in [0, 0.1) is 11.3 Å². The highest BCUT2D eigenvalue weighted by Crippen LogP contribution is 2.30. The molecule has 1 aromatic carbocycles. The van der Waals surface area contributed by atoms with Gasteiger partial charge in [0.1, 0.15) is 0 Å². The smallest absolute Gasteiger partial charge is 0.161 e. The highest BCUT2D eigenvalue weighted by atomic mass is 16.5. The Morgan fingerprint density at radius 3 is 2.55 bits per heavy atom. The summed E-state index contributed by atoms with van der Waals surface area (Å²) in [5.41, 5.74) is 1.56. The fraction of sp³-hybridized carbons (Fsp3) is 0.647. The minimum Gasteiger partial charge on any atom is -0.490 e. The van der Waals surface area contributed by atoms with Crippen molar-refractivity contribution in [3.8, 4) is 11.5 Å². The normalized spacial score (nSPS) is 15.2. The molecule has 0 saturated heterocycles. The summed E-state index contributed by atoms with van der Waals surface area (Å²) in [7, 11) is 0. The van der Waals surface area contributed by atoms with Gasteiger partial charge in [0.2, 0.25) is 0 Å². The fourth-order valence-corrected chi connectivity index (χ4v) is 2.05. The lowest BCUT2D eigenvalue weighted by Crippen LogP contribution is -2.33. The SMILES string of the molecule is CC(C)C(C)(C)CNCc1ccc2c(c1)OCCCO2. The molecule has 0 radical (unpaired) electrons. The molecule has 1 aliphatic rings. The van der Waals surface area contributed by atoms with Crippen molar-refractivity contribution in [1.82, 2.24) is 5.32 Å². The second-order valence-electron chi connectivity index (χ2n) is 6.58. The minimum absolute atomic E-state index is 0.311. The first-order chi connectivity index (χ1) is 9.49. The van der Waals surface area contributed by atoms with E-state index < -0.39 is 0 Å². The van der Waals surface area contributed by atoms with Gasteiger partial charge in [-0.15, -0.1) is 0 Å². The Balaban J connectivity index is 1.92. The first-order valence-electron chi connectivity index (χ1n) is 7.58. The molecule has 0 bridgehead atoms. The predicted molar refractivity (Wildman–Crippen MR) is 82.4 cm³/mol. The predicted octanol–water partition coefficient (Wildman–Crippen LogP) is 3.62. The van der Waals surface area contributed by atoms with E-state index in [1.54, 1.807) is 0 Å². The molecule has 3 heteroatoms. The largest absolute Gasteiger partial charge is 0.490 e. The van der Waals surface area contributed by atoms with Gasteiger partial charge in [-0.05, 0) is 29.0 Å². The fourth-order valence-electron chi connectivity index (χ4n) is 2.05. The Labute approximate surface area is 122 Å². The van der Waals surface area contributed by atoms with Crippen LogP contribution in [0.15, 0.2) is 18.2 Å². The standard InChI is InChI=1S/C17H27NO2/c1-13(2)17(3,4)12-18-11-14-6-7-15-16(10-14)20-9-5-8-19-15/h6-7,10,13,18H,5,8-9,11-12H2,1-4H3. The molecule has 1 aromatic rings. The lowest BCUT2D eigenvalue weighted by Gasteiger charge is -2.29. The Hall–Kier alpha value is -1.22. The molecule has 0 atom stereocenters. The molecule has 0 aromatic heterocycles. The van der Waals surface area contributed by atoms with E-state index in [1.807, 2.05) is 6.07 Å². The second-order valence-corrected chi connectivity index (χ2v) is 6.58. The lowest BCUT2D eigenvalue weighted by atomic mass is 9.81. The van der Waals surface area contributed by atoms with Crippen LogP contribution in [0.25, 0.3) is 0 Å². The van der Waals surface area contributed by atoms with Crippen LogP contribution in [-0.2, 0) is 6.54 Å². The molecule has 3 nitrogen and oxygen atoms in total.